The lowest BCUT2D eigenvalue weighted by Gasteiger charge is -2.12. The van der Waals surface area contributed by atoms with Gasteiger partial charge in [-0.25, -0.2) is 12.7 Å². The summed E-state index contributed by atoms with van der Waals surface area (Å²) in [4.78, 5) is 1.57. The number of sulfonamides is 1. The maximum Gasteiger partial charge on any atom is 0.242 e. The summed E-state index contributed by atoms with van der Waals surface area (Å²) < 4.78 is 25.2. The number of nitrogens with one attached hydrogen (secondary N) is 1. The first kappa shape index (κ1) is 18.0. The topological polar surface area (TPSA) is 49.4 Å². The number of hydrogen-bond acceptors (Lipinski definition) is 4. The number of nitrogens with zero attached hydrogens (tertiary/aromatic N) is 1. The minimum absolute atomic E-state index is 0.318. The highest BCUT2D eigenvalue weighted by molar-refractivity contribution is 7.98. The molecule has 6 heteroatoms. The van der Waals surface area contributed by atoms with E-state index in [1.54, 1.807) is 23.9 Å². The molecule has 2 aromatic carbocycles. The summed E-state index contributed by atoms with van der Waals surface area (Å²) in [6.07, 6.45) is 2.06. The summed E-state index contributed by atoms with van der Waals surface area (Å²) in [6.45, 7) is 1.49. The van der Waals surface area contributed by atoms with Crippen molar-refractivity contribution in [2.45, 2.75) is 22.9 Å². The summed E-state index contributed by atoms with van der Waals surface area (Å²) in [6, 6.07) is 15.5. The fourth-order valence-corrected chi connectivity index (χ4v) is 3.39. The molecule has 2 rings (SSSR count). The van der Waals surface area contributed by atoms with E-state index in [9.17, 15) is 8.42 Å². The van der Waals surface area contributed by atoms with Gasteiger partial charge in [-0.1, -0.05) is 24.3 Å². The summed E-state index contributed by atoms with van der Waals surface area (Å²) in [5.41, 5.74) is 2.29. The molecule has 0 saturated carbocycles. The molecule has 0 radical (unpaired) electrons. The molecule has 0 aliphatic carbocycles. The smallest absolute Gasteiger partial charge is 0.242 e. The van der Waals surface area contributed by atoms with Crippen molar-refractivity contribution in [1.82, 2.24) is 9.62 Å². The Morgan fingerprint density at radius 3 is 1.83 bits per heavy atom. The lowest BCUT2D eigenvalue weighted by molar-refractivity contribution is 0.520. The first-order valence-electron chi connectivity index (χ1n) is 7.28. The average molecular weight is 351 g/mol. The standard InChI is InChI=1S/C17H22N2O2S2/c1-19(2)23(20,21)17-10-6-15(7-11-17)13-18-12-14-4-8-16(22-3)9-5-14/h4-11,18H,12-13H2,1-3H3. The van der Waals surface area contributed by atoms with Gasteiger partial charge in [0, 0.05) is 32.1 Å². The molecule has 0 atom stereocenters. The Kier molecular flexibility index (Phi) is 6.24. The number of benzene rings is 2. The lowest BCUT2D eigenvalue weighted by atomic mass is 10.2. The van der Waals surface area contributed by atoms with Gasteiger partial charge in [0.05, 0.1) is 4.90 Å². The second kappa shape index (κ2) is 7.97. The van der Waals surface area contributed by atoms with E-state index in [-0.39, 0.29) is 0 Å². The predicted octanol–water partition coefficient (Wildman–Crippen LogP) is 2.95. The molecule has 0 fully saturated rings. The van der Waals surface area contributed by atoms with Crippen LogP contribution >= 0.6 is 11.8 Å². The van der Waals surface area contributed by atoms with E-state index >= 15 is 0 Å². The highest BCUT2D eigenvalue weighted by atomic mass is 32.2. The quantitative estimate of drug-likeness (QED) is 0.780. The Hall–Kier alpha value is -1.34. The van der Waals surface area contributed by atoms with Crippen molar-refractivity contribution in [2.75, 3.05) is 20.4 Å². The fourth-order valence-electron chi connectivity index (χ4n) is 2.08. The molecule has 0 aliphatic heterocycles. The van der Waals surface area contributed by atoms with Crippen molar-refractivity contribution in [3.05, 3.63) is 59.7 Å². The molecule has 0 spiro atoms. The molecule has 0 aromatic heterocycles. The van der Waals surface area contributed by atoms with Crippen molar-refractivity contribution >= 4 is 21.8 Å². The van der Waals surface area contributed by atoms with Crippen LogP contribution in [0.2, 0.25) is 0 Å². The molecule has 0 heterocycles. The minimum atomic E-state index is -3.35. The van der Waals surface area contributed by atoms with Crippen LogP contribution in [0.3, 0.4) is 0 Å². The van der Waals surface area contributed by atoms with Crippen LogP contribution in [0.15, 0.2) is 58.3 Å². The van der Waals surface area contributed by atoms with E-state index in [0.717, 1.165) is 12.1 Å². The Morgan fingerprint density at radius 2 is 1.39 bits per heavy atom. The third kappa shape index (κ3) is 4.81. The first-order chi connectivity index (χ1) is 10.9. The maximum absolute atomic E-state index is 12.0. The zero-order valence-electron chi connectivity index (χ0n) is 13.6. The van der Waals surface area contributed by atoms with Gasteiger partial charge in [0.25, 0.3) is 0 Å². The zero-order chi connectivity index (χ0) is 16.9. The van der Waals surface area contributed by atoms with Gasteiger partial charge < -0.3 is 5.32 Å². The van der Waals surface area contributed by atoms with Crippen molar-refractivity contribution in [1.29, 1.82) is 0 Å². The molecule has 0 bridgehead atoms. The molecule has 1 N–H and O–H groups in total. The van der Waals surface area contributed by atoms with Gasteiger partial charge in [-0.15, -0.1) is 11.8 Å². The van der Waals surface area contributed by atoms with Gasteiger partial charge in [-0.05, 0) is 41.6 Å². The molecule has 2 aromatic rings. The molecular weight excluding hydrogens is 328 g/mol. The van der Waals surface area contributed by atoms with Gasteiger partial charge in [0.1, 0.15) is 0 Å². The van der Waals surface area contributed by atoms with Crippen LogP contribution in [0.1, 0.15) is 11.1 Å². The summed E-state index contributed by atoms with van der Waals surface area (Å²) in [5, 5.41) is 3.37. The van der Waals surface area contributed by atoms with E-state index in [4.69, 9.17) is 0 Å². The van der Waals surface area contributed by atoms with E-state index in [1.807, 2.05) is 12.1 Å². The van der Waals surface area contributed by atoms with Crippen LogP contribution in [0.25, 0.3) is 0 Å². The van der Waals surface area contributed by atoms with Gasteiger partial charge in [-0.3, -0.25) is 0 Å². The van der Waals surface area contributed by atoms with E-state index in [0.29, 0.717) is 11.4 Å². The Morgan fingerprint density at radius 1 is 0.913 bits per heavy atom. The fraction of sp³-hybridized carbons (Fsp3) is 0.294. The molecular formula is C17H22N2O2S2. The molecule has 0 unspecified atom stereocenters. The van der Waals surface area contributed by atoms with Crippen LogP contribution in [0, 0.1) is 0 Å². The van der Waals surface area contributed by atoms with Gasteiger partial charge in [-0.2, -0.15) is 0 Å². The number of hydrogen-bond donors (Lipinski definition) is 1. The lowest BCUT2D eigenvalue weighted by Crippen LogP contribution is -2.22. The van der Waals surface area contributed by atoms with Crippen molar-refractivity contribution in [3.8, 4) is 0 Å². The molecule has 0 amide bonds. The third-order valence-corrected chi connectivity index (χ3v) is 6.09. The van der Waals surface area contributed by atoms with Gasteiger partial charge >= 0.3 is 0 Å². The maximum atomic E-state index is 12.0. The first-order valence-corrected chi connectivity index (χ1v) is 9.95. The molecule has 23 heavy (non-hydrogen) atoms. The Bertz CT molecular complexity index is 724. The molecule has 124 valence electrons. The van der Waals surface area contributed by atoms with Crippen LogP contribution in [0.5, 0.6) is 0 Å². The summed E-state index contributed by atoms with van der Waals surface area (Å²) in [7, 11) is -0.283. The predicted molar refractivity (Wildman–Crippen MR) is 96.1 cm³/mol. The van der Waals surface area contributed by atoms with E-state index in [2.05, 4.69) is 35.8 Å². The second-order valence-electron chi connectivity index (χ2n) is 5.38. The normalized spacial score (nSPS) is 11.8. The third-order valence-electron chi connectivity index (χ3n) is 3.52. The number of thioether (sulfide) groups is 1. The largest absolute Gasteiger partial charge is 0.309 e. The van der Waals surface area contributed by atoms with E-state index in [1.165, 1.54) is 28.9 Å². The van der Waals surface area contributed by atoms with E-state index < -0.39 is 10.0 Å². The van der Waals surface area contributed by atoms with Crippen LogP contribution in [-0.2, 0) is 23.1 Å². The SMILES string of the molecule is CSc1ccc(CNCc2ccc(S(=O)(=O)N(C)C)cc2)cc1. The van der Waals surface area contributed by atoms with Gasteiger partial charge in [0.2, 0.25) is 10.0 Å². The molecule has 4 nitrogen and oxygen atoms in total. The Balaban J connectivity index is 1.91. The van der Waals surface area contributed by atoms with Crippen LogP contribution in [-0.4, -0.2) is 33.1 Å². The Labute approximate surface area is 143 Å². The van der Waals surface area contributed by atoms with Crippen molar-refractivity contribution in [3.63, 3.8) is 0 Å². The summed E-state index contributed by atoms with van der Waals surface area (Å²) in [5.74, 6) is 0. The monoisotopic (exact) mass is 350 g/mol. The average Bonchev–Trinajstić information content (AvgIpc) is 2.56. The molecule has 0 aliphatic rings. The molecule has 0 saturated heterocycles. The zero-order valence-corrected chi connectivity index (χ0v) is 15.2. The highest BCUT2D eigenvalue weighted by Crippen LogP contribution is 2.15. The van der Waals surface area contributed by atoms with Crippen LogP contribution in [0.4, 0.5) is 0 Å². The number of rotatable bonds is 7. The summed E-state index contributed by atoms with van der Waals surface area (Å²) >= 11 is 1.73. The van der Waals surface area contributed by atoms with Gasteiger partial charge in [0.15, 0.2) is 0 Å². The van der Waals surface area contributed by atoms with Crippen LogP contribution < -0.4 is 5.32 Å². The minimum Gasteiger partial charge on any atom is -0.309 e. The second-order valence-corrected chi connectivity index (χ2v) is 8.41. The highest BCUT2D eigenvalue weighted by Gasteiger charge is 2.16. The van der Waals surface area contributed by atoms with Crippen molar-refractivity contribution < 1.29 is 8.42 Å². The van der Waals surface area contributed by atoms with Crippen molar-refractivity contribution in [2.24, 2.45) is 0 Å².